The van der Waals surface area contributed by atoms with E-state index in [1.165, 1.54) is 16.8 Å². The summed E-state index contributed by atoms with van der Waals surface area (Å²) in [5.41, 5.74) is 3.68. The number of hydrogen-bond acceptors (Lipinski definition) is 2. The Balaban J connectivity index is 2.03. The lowest BCUT2D eigenvalue weighted by Gasteiger charge is -2.07. The monoisotopic (exact) mass is 226 g/mol. The summed E-state index contributed by atoms with van der Waals surface area (Å²) in [6, 6.07) is 19.0. The lowest BCUT2D eigenvalue weighted by molar-refractivity contribution is 0.824. The maximum absolute atomic E-state index is 3.36. The first-order valence-corrected chi connectivity index (χ1v) is 5.94. The largest absolute Gasteiger partial charge is 0.384 e. The highest BCUT2D eigenvalue weighted by Gasteiger charge is 1.96. The van der Waals surface area contributed by atoms with Gasteiger partial charge in [-0.3, -0.25) is 0 Å². The summed E-state index contributed by atoms with van der Waals surface area (Å²) in [6.07, 6.45) is 0. The molecule has 0 amide bonds. The highest BCUT2D eigenvalue weighted by atomic mass is 14.9. The molecule has 0 aliphatic carbocycles. The number of nitrogens with one attached hydrogen (secondary N) is 2. The molecular weight excluding hydrogens is 208 g/mol. The quantitative estimate of drug-likeness (QED) is 0.766. The molecule has 0 bridgehead atoms. The topological polar surface area (TPSA) is 24.1 Å². The summed E-state index contributed by atoms with van der Waals surface area (Å²) in [7, 11) is 1.96. The Morgan fingerprint density at radius 3 is 2.06 bits per heavy atom. The zero-order chi connectivity index (χ0) is 11.9. The van der Waals surface area contributed by atoms with E-state index in [0.717, 1.165) is 13.1 Å². The second-order valence-corrected chi connectivity index (χ2v) is 3.97. The van der Waals surface area contributed by atoms with Gasteiger partial charge < -0.3 is 10.6 Å². The van der Waals surface area contributed by atoms with Gasteiger partial charge in [-0.05, 0) is 30.3 Å². The van der Waals surface area contributed by atoms with Gasteiger partial charge >= 0.3 is 0 Å². The molecule has 2 aromatic rings. The molecule has 0 fully saturated rings. The average molecular weight is 226 g/mol. The molecular formula is C15H18N2. The van der Waals surface area contributed by atoms with E-state index < -0.39 is 0 Å². The maximum atomic E-state index is 3.36. The van der Waals surface area contributed by atoms with Crippen LogP contribution < -0.4 is 10.6 Å². The van der Waals surface area contributed by atoms with Crippen molar-refractivity contribution in [2.24, 2.45) is 0 Å². The molecule has 2 rings (SSSR count). The highest BCUT2D eigenvalue weighted by Crippen LogP contribution is 2.20. The van der Waals surface area contributed by atoms with Crippen molar-refractivity contribution >= 4 is 5.69 Å². The molecule has 0 atom stereocenters. The van der Waals surface area contributed by atoms with Crippen LogP contribution in [-0.2, 0) is 0 Å². The average Bonchev–Trinajstić information content (AvgIpc) is 2.41. The predicted octanol–water partition coefficient (Wildman–Crippen LogP) is 2.98. The smallest absolute Gasteiger partial charge is 0.0341 e. The van der Waals surface area contributed by atoms with E-state index in [1.807, 2.05) is 13.1 Å². The van der Waals surface area contributed by atoms with Gasteiger partial charge in [0.2, 0.25) is 0 Å². The third-order valence-electron chi connectivity index (χ3n) is 2.70. The summed E-state index contributed by atoms with van der Waals surface area (Å²) >= 11 is 0. The maximum Gasteiger partial charge on any atom is 0.0341 e. The van der Waals surface area contributed by atoms with Gasteiger partial charge in [-0.25, -0.2) is 0 Å². The van der Waals surface area contributed by atoms with Crippen molar-refractivity contribution in [1.29, 1.82) is 0 Å². The van der Waals surface area contributed by atoms with Crippen molar-refractivity contribution in [3.63, 3.8) is 0 Å². The van der Waals surface area contributed by atoms with Crippen LogP contribution in [0.4, 0.5) is 5.69 Å². The zero-order valence-electron chi connectivity index (χ0n) is 10.1. The zero-order valence-corrected chi connectivity index (χ0v) is 10.1. The molecule has 2 aromatic carbocycles. The number of likely N-dealkylation sites (N-methyl/N-ethyl adjacent to an activating group) is 1. The number of rotatable bonds is 5. The molecule has 17 heavy (non-hydrogen) atoms. The van der Waals surface area contributed by atoms with E-state index in [9.17, 15) is 0 Å². The lowest BCUT2D eigenvalue weighted by atomic mass is 10.1. The molecule has 88 valence electrons. The first-order valence-electron chi connectivity index (χ1n) is 5.94. The Labute approximate surface area is 103 Å². The molecule has 0 aromatic heterocycles. The summed E-state index contributed by atoms with van der Waals surface area (Å²) in [5.74, 6) is 0. The van der Waals surface area contributed by atoms with Gasteiger partial charge in [0, 0.05) is 18.8 Å². The van der Waals surface area contributed by atoms with Gasteiger partial charge in [0.05, 0.1) is 0 Å². The van der Waals surface area contributed by atoms with Crippen LogP contribution in [0.3, 0.4) is 0 Å². The third kappa shape index (κ3) is 3.33. The second kappa shape index (κ2) is 6.06. The normalized spacial score (nSPS) is 10.2. The van der Waals surface area contributed by atoms with Crippen LogP contribution in [0.1, 0.15) is 0 Å². The van der Waals surface area contributed by atoms with Crippen molar-refractivity contribution in [1.82, 2.24) is 5.32 Å². The van der Waals surface area contributed by atoms with E-state index in [1.54, 1.807) is 0 Å². The fourth-order valence-electron chi connectivity index (χ4n) is 1.74. The fourth-order valence-corrected chi connectivity index (χ4v) is 1.74. The summed E-state index contributed by atoms with van der Waals surface area (Å²) in [6.45, 7) is 1.92. The Morgan fingerprint density at radius 2 is 1.41 bits per heavy atom. The van der Waals surface area contributed by atoms with Gasteiger partial charge in [-0.1, -0.05) is 42.5 Å². The minimum Gasteiger partial charge on any atom is -0.384 e. The van der Waals surface area contributed by atoms with E-state index in [4.69, 9.17) is 0 Å². The molecule has 0 heterocycles. The standard InChI is InChI=1S/C15H18N2/c1-16-11-12-17-15-9-7-14(8-10-15)13-5-3-2-4-6-13/h2-10,16-17H,11-12H2,1H3. The molecule has 0 saturated heterocycles. The van der Waals surface area contributed by atoms with E-state index >= 15 is 0 Å². The van der Waals surface area contributed by atoms with E-state index in [0.29, 0.717) is 0 Å². The van der Waals surface area contributed by atoms with Crippen LogP contribution in [-0.4, -0.2) is 20.1 Å². The minimum atomic E-state index is 0.946. The van der Waals surface area contributed by atoms with E-state index in [-0.39, 0.29) is 0 Å². The van der Waals surface area contributed by atoms with Crippen molar-refractivity contribution in [3.05, 3.63) is 54.6 Å². The Bertz CT molecular complexity index is 434. The number of anilines is 1. The first kappa shape index (κ1) is 11.7. The van der Waals surface area contributed by atoms with Crippen molar-refractivity contribution in [2.45, 2.75) is 0 Å². The minimum absolute atomic E-state index is 0.946. The molecule has 0 saturated carbocycles. The molecule has 0 radical (unpaired) electrons. The Kier molecular flexibility index (Phi) is 4.17. The molecule has 0 unspecified atom stereocenters. The summed E-state index contributed by atoms with van der Waals surface area (Å²) in [4.78, 5) is 0. The summed E-state index contributed by atoms with van der Waals surface area (Å²) < 4.78 is 0. The second-order valence-electron chi connectivity index (χ2n) is 3.97. The fraction of sp³-hybridized carbons (Fsp3) is 0.200. The van der Waals surface area contributed by atoms with Gasteiger partial charge in [-0.2, -0.15) is 0 Å². The first-order chi connectivity index (χ1) is 8.40. The van der Waals surface area contributed by atoms with Gasteiger partial charge in [-0.15, -0.1) is 0 Å². The van der Waals surface area contributed by atoms with Crippen LogP contribution in [0.5, 0.6) is 0 Å². The molecule has 0 aliphatic heterocycles. The highest BCUT2D eigenvalue weighted by molar-refractivity contribution is 5.65. The van der Waals surface area contributed by atoms with Gasteiger partial charge in [0.1, 0.15) is 0 Å². The van der Waals surface area contributed by atoms with Crippen molar-refractivity contribution in [2.75, 3.05) is 25.5 Å². The Morgan fingerprint density at radius 1 is 0.765 bits per heavy atom. The van der Waals surface area contributed by atoms with Gasteiger partial charge in [0.25, 0.3) is 0 Å². The molecule has 2 heteroatoms. The summed E-state index contributed by atoms with van der Waals surface area (Å²) in [5, 5.41) is 6.47. The molecule has 0 spiro atoms. The predicted molar refractivity (Wildman–Crippen MR) is 74.3 cm³/mol. The van der Waals surface area contributed by atoms with E-state index in [2.05, 4.69) is 59.2 Å². The van der Waals surface area contributed by atoms with Crippen molar-refractivity contribution in [3.8, 4) is 11.1 Å². The van der Waals surface area contributed by atoms with Crippen LogP contribution in [0.25, 0.3) is 11.1 Å². The van der Waals surface area contributed by atoms with Gasteiger partial charge in [0.15, 0.2) is 0 Å². The Hall–Kier alpha value is -1.80. The molecule has 2 nitrogen and oxygen atoms in total. The van der Waals surface area contributed by atoms with Crippen molar-refractivity contribution < 1.29 is 0 Å². The van der Waals surface area contributed by atoms with Crippen LogP contribution >= 0.6 is 0 Å². The third-order valence-corrected chi connectivity index (χ3v) is 2.70. The molecule has 0 aliphatic rings. The number of hydrogen-bond donors (Lipinski definition) is 2. The number of benzene rings is 2. The van der Waals surface area contributed by atoms with Crippen LogP contribution in [0.15, 0.2) is 54.6 Å². The molecule has 2 N–H and O–H groups in total. The van der Waals surface area contributed by atoms with Crippen LogP contribution in [0, 0.1) is 0 Å². The lowest BCUT2D eigenvalue weighted by Crippen LogP contribution is -2.17. The van der Waals surface area contributed by atoms with Crippen LogP contribution in [0.2, 0.25) is 0 Å². The SMILES string of the molecule is CNCCNc1ccc(-c2ccccc2)cc1.